The van der Waals surface area contributed by atoms with E-state index in [4.69, 9.17) is 9.47 Å². The third-order valence-electron chi connectivity index (χ3n) is 5.78. The van der Waals surface area contributed by atoms with Gasteiger partial charge in [-0.25, -0.2) is 9.78 Å². The lowest BCUT2D eigenvalue weighted by Gasteiger charge is -2.36. The van der Waals surface area contributed by atoms with Gasteiger partial charge in [-0.2, -0.15) is 0 Å². The second-order valence-electron chi connectivity index (χ2n) is 7.81. The fraction of sp³-hybridized carbons (Fsp3) is 0.391. The van der Waals surface area contributed by atoms with Crippen molar-refractivity contribution in [2.75, 3.05) is 32.1 Å². The predicted octanol–water partition coefficient (Wildman–Crippen LogP) is 3.22. The van der Waals surface area contributed by atoms with E-state index < -0.39 is 0 Å². The van der Waals surface area contributed by atoms with Crippen molar-refractivity contribution in [3.8, 4) is 11.6 Å². The predicted molar refractivity (Wildman–Crippen MR) is 120 cm³/mol. The summed E-state index contributed by atoms with van der Waals surface area (Å²) in [5.41, 5.74) is 1.86. The largest absolute Gasteiger partial charge is 0.481 e. The lowest BCUT2D eigenvalue weighted by atomic mass is 10.0. The molecule has 9 heteroatoms. The van der Waals surface area contributed by atoms with Crippen molar-refractivity contribution in [1.29, 1.82) is 0 Å². The van der Waals surface area contributed by atoms with Crippen LogP contribution in [0.1, 0.15) is 24.2 Å². The highest BCUT2D eigenvalue weighted by Gasteiger charge is 2.29. The number of aromatic nitrogens is 4. The molecule has 0 spiro atoms. The maximum absolute atomic E-state index is 12.5. The minimum Gasteiger partial charge on any atom is -0.481 e. The average Bonchev–Trinajstić information content (AvgIpc) is 3.24. The average molecular weight is 437 g/mol. The molecule has 0 N–H and O–H groups in total. The molecule has 32 heavy (non-hydrogen) atoms. The van der Waals surface area contributed by atoms with Gasteiger partial charge < -0.3 is 19.3 Å². The van der Waals surface area contributed by atoms with Gasteiger partial charge in [0.15, 0.2) is 0 Å². The molecule has 1 fully saturated rings. The molecule has 0 radical (unpaired) electrons. The molecule has 1 aliphatic heterocycles. The van der Waals surface area contributed by atoms with Crippen LogP contribution in [0.15, 0.2) is 48.7 Å². The van der Waals surface area contributed by atoms with Crippen LogP contribution in [0.3, 0.4) is 0 Å². The zero-order chi connectivity index (χ0) is 22.5. The Bertz CT molecular complexity index is 1030. The molecule has 0 unspecified atom stereocenters. The molecule has 1 saturated heterocycles. The zero-order valence-electron chi connectivity index (χ0n) is 18.6. The number of pyridine rings is 1. The van der Waals surface area contributed by atoms with Gasteiger partial charge >= 0.3 is 6.09 Å². The Morgan fingerprint density at radius 3 is 2.53 bits per heavy atom. The second kappa shape index (κ2) is 9.67. The molecule has 0 bridgehead atoms. The summed E-state index contributed by atoms with van der Waals surface area (Å²) in [7, 11) is 3.40. The highest BCUT2D eigenvalue weighted by Crippen LogP contribution is 2.25. The van der Waals surface area contributed by atoms with Gasteiger partial charge in [0.2, 0.25) is 11.8 Å². The number of nitrogens with zero attached hydrogens (tertiary/aromatic N) is 6. The topological polar surface area (TPSA) is 85.6 Å². The first kappa shape index (κ1) is 21.6. The Morgan fingerprint density at radius 1 is 1.12 bits per heavy atom. The molecule has 1 aliphatic rings. The van der Waals surface area contributed by atoms with Crippen molar-refractivity contribution in [3.05, 3.63) is 60.0 Å². The van der Waals surface area contributed by atoms with Crippen LogP contribution in [0.2, 0.25) is 0 Å². The number of piperidine rings is 1. The van der Waals surface area contributed by atoms with Gasteiger partial charge in [0.25, 0.3) is 0 Å². The molecule has 2 aromatic heterocycles. The first-order chi connectivity index (χ1) is 15.6. The number of benzene rings is 1. The number of aryl methyl sites for hydroxylation is 1. The lowest BCUT2D eigenvalue weighted by Crippen LogP contribution is -2.46. The van der Waals surface area contributed by atoms with Gasteiger partial charge in [-0.3, -0.25) is 4.57 Å². The fourth-order valence-electron chi connectivity index (χ4n) is 3.91. The summed E-state index contributed by atoms with van der Waals surface area (Å²) >= 11 is 0. The van der Waals surface area contributed by atoms with E-state index in [1.54, 1.807) is 18.2 Å². The minimum atomic E-state index is -0.296. The molecule has 0 aliphatic carbocycles. The Morgan fingerprint density at radius 2 is 1.88 bits per heavy atom. The van der Waals surface area contributed by atoms with Gasteiger partial charge in [0, 0.05) is 32.2 Å². The highest BCUT2D eigenvalue weighted by molar-refractivity contribution is 5.67. The Labute approximate surface area is 187 Å². The molecule has 1 amide bonds. The van der Waals surface area contributed by atoms with Gasteiger partial charge in [0.1, 0.15) is 12.4 Å². The van der Waals surface area contributed by atoms with Crippen LogP contribution >= 0.6 is 0 Å². The molecule has 4 rings (SSSR count). The Hall–Kier alpha value is -3.62. The van der Waals surface area contributed by atoms with Crippen molar-refractivity contribution in [2.24, 2.45) is 0 Å². The molecule has 1 aromatic carbocycles. The molecular formula is C23H28N6O3. The fourth-order valence-corrected chi connectivity index (χ4v) is 3.91. The van der Waals surface area contributed by atoms with E-state index in [1.807, 2.05) is 61.0 Å². The van der Waals surface area contributed by atoms with Crippen molar-refractivity contribution < 1.29 is 14.3 Å². The monoisotopic (exact) mass is 436 g/mol. The summed E-state index contributed by atoms with van der Waals surface area (Å²) in [5, 5.41) is 8.67. The molecular weight excluding hydrogens is 408 g/mol. The molecule has 0 saturated carbocycles. The van der Waals surface area contributed by atoms with Crippen molar-refractivity contribution >= 4 is 12.0 Å². The summed E-state index contributed by atoms with van der Waals surface area (Å²) in [6.07, 6.45) is 3.10. The normalized spacial score (nSPS) is 14.3. The maximum atomic E-state index is 12.5. The van der Waals surface area contributed by atoms with Crippen molar-refractivity contribution in [1.82, 2.24) is 24.6 Å². The number of ether oxygens (including phenoxy) is 2. The number of hydrogen-bond donors (Lipinski definition) is 0. The van der Waals surface area contributed by atoms with Gasteiger partial charge in [-0.05, 0) is 31.4 Å². The quantitative estimate of drug-likeness (QED) is 0.586. The highest BCUT2D eigenvalue weighted by atomic mass is 16.6. The van der Waals surface area contributed by atoms with Gasteiger partial charge in [0.05, 0.1) is 19.0 Å². The van der Waals surface area contributed by atoms with Crippen LogP contribution in [0.4, 0.5) is 10.7 Å². The van der Waals surface area contributed by atoms with Crippen LogP contribution in [0.5, 0.6) is 5.88 Å². The van der Waals surface area contributed by atoms with E-state index in [0.717, 1.165) is 49.0 Å². The number of carbonyl (C=O) groups excluding carboxylic acids is 1. The third kappa shape index (κ3) is 4.66. The minimum absolute atomic E-state index is 0.120. The number of carbonyl (C=O) groups is 1. The summed E-state index contributed by atoms with van der Waals surface area (Å²) in [6, 6.07) is 13.6. The second-order valence-corrected chi connectivity index (χ2v) is 7.81. The standard InChI is InChI=1S/C23H28N6O3/c1-17-25-26-22(29(17)20-9-10-21(31-3)24-15-20)28-13-11-19(12-14-28)27(2)23(30)32-16-18-7-5-4-6-8-18/h4-10,15,19H,11-14,16H2,1-3H3. The SMILES string of the molecule is COc1ccc(-n2c(C)nnc2N2CCC(N(C)C(=O)OCc3ccccc3)CC2)cn1. The summed E-state index contributed by atoms with van der Waals surface area (Å²) in [6.45, 7) is 3.73. The van der Waals surface area contributed by atoms with Crippen molar-refractivity contribution in [3.63, 3.8) is 0 Å². The number of rotatable bonds is 6. The van der Waals surface area contributed by atoms with Crippen LogP contribution in [0.25, 0.3) is 5.69 Å². The van der Waals surface area contributed by atoms with E-state index in [2.05, 4.69) is 20.1 Å². The van der Waals surface area contributed by atoms with Crippen LogP contribution in [-0.4, -0.2) is 64.0 Å². The molecule has 0 atom stereocenters. The Kier molecular flexibility index (Phi) is 6.53. The summed E-state index contributed by atoms with van der Waals surface area (Å²) in [4.78, 5) is 20.7. The van der Waals surface area contributed by atoms with E-state index in [0.29, 0.717) is 5.88 Å². The third-order valence-corrected chi connectivity index (χ3v) is 5.78. The summed E-state index contributed by atoms with van der Waals surface area (Å²) in [5.74, 6) is 2.13. The van der Waals surface area contributed by atoms with Crippen LogP contribution in [0, 0.1) is 6.92 Å². The first-order valence-corrected chi connectivity index (χ1v) is 10.7. The molecule has 168 valence electrons. The van der Waals surface area contributed by atoms with E-state index in [1.165, 1.54) is 0 Å². The van der Waals surface area contributed by atoms with Gasteiger partial charge in [-0.15, -0.1) is 10.2 Å². The Balaban J connectivity index is 1.37. The maximum Gasteiger partial charge on any atom is 0.410 e. The number of methoxy groups -OCH3 is 1. The van der Waals surface area contributed by atoms with Gasteiger partial charge in [-0.1, -0.05) is 30.3 Å². The van der Waals surface area contributed by atoms with Crippen molar-refractivity contribution in [2.45, 2.75) is 32.4 Å². The van der Waals surface area contributed by atoms with E-state index in [9.17, 15) is 4.79 Å². The zero-order valence-corrected chi connectivity index (χ0v) is 18.6. The number of anilines is 1. The van der Waals surface area contributed by atoms with Crippen LogP contribution in [-0.2, 0) is 11.3 Å². The van der Waals surface area contributed by atoms with E-state index >= 15 is 0 Å². The van der Waals surface area contributed by atoms with Crippen LogP contribution < -0.4 is 9.64 Å². The number of amides is 1. The lowest BCUT2D eigenvalue weighted by molar-refractivity contribution is 0.0862. The number of hydrogen-bond acceptors (Lipinski definition) is 7. The smallest absolute Gasteiger partial charge is 0.410 e. The first-order valence-electron chi connectivity index (χ1n) is 10.7. The summed E-state index contributed by atoms with van der Waals surface area (Å²) < 4.78 is 12.6. The molecule has 3 heterocycles. The molecule has 3 aromatic rings. The van der Waals surface area contributed by atoms with E-state index in [-0.39, 0.29) is 18.7 Å². The molecule has 9 nitrogen and oxygen atoms in total.